The first-order chi connectivity index (χ1) is 15.9. The molecule has 0 aliphatic heterocycles. The second-order valence-electron chi connectivity index (χ2n) is 7.81. The molecule has 4 rings (SSSR count). The number of carbonyl (C=O) groups is 3. The van der Waals surface area contributed by atoms with Crippen LogP contribution in [0, 0.1) is 0 Å². The predicted molar refractivity (Wildman–Crippen MR) is 121 cm³/mol. The van der Waals surface area contributed by atoms with E-state index in [1.165, 1.54) is 6.92 Å². The Morgan fingerprint density at radius 3 is 2.18 bits per heavy atom. The van der Waals surface area contributed by atoms with Gasteiger partial charge in [0.2, 0.25) is 0 Å². The minimum Gasteiger partial charge on any atom is -0.480 e. The van der Waals surface area contributed by atoms with Crippen molar-refractivity contribution < 1.29 is 29.0 Å². The first-order valence-electron chi connectivity index (χ1n) is 10.5. The number of amides is 1. The lowest BCUT2D eigenvalue weighted by molar-refractivity contribution is -0.139. The molecule has 0 heterocycles. The summed E-state index contributed by atoms with van der Waals surface area (Å²) in [6.07, 6.45) is -0.797. The van der Waals surface area contributed by atoms with Crippen LogP contribution in [0.15, 0.2) is 72.8 Å². The Balaban J connectivity index is 1.41. The number of esters is 1. The Hall–Kier alpha value is -4.13. The van der Waals surface area contributed by atoms with Crippen LogP contribution in [0.3, 0.4) is 0 Å². The Labute approximate surface area is 191 Å². The van der Waals surface area contributed by atoms with Crippen molar-refractivity contribution >= 4 is 18.0 Å². The van der Waals surface area contributed by atoms with E-state index in [9.17, 15) is 19.5 Å². The maximum Gasteiger partial charge on any atom is 0.407 e. The van der Waals surface area contributed by atoms with Crippen LogP contribution in [0.4, 0.5) is 4.79 Å². The van der Waals surface area contributed by atoms with Gasteiger partial charge in [0.05, 0.1) is 0 Å². The normalized spacial score (nSPS) is 12.9. The summed E-state index contributed by atoms with van der Waals surface area (Å²) in [6, 6.07) is 21.3. The fraction of sp³-hybridized carbons (Fsp3) is 0.192. The molecule has 0 fully saturated rings. The third kappa shape index (κ3) is 5.03. The lowest BCUT2D eigenvalue weighted by Crippen LogP contribution is -2.42. The molecule has 0 aromatic heterocycles. The SMILES string of the molecule is CC(=O)Oc1cccc(CC(NC(=O)OCC2c3ccccc3-c3ccccc32)C(=O)O)c1. The van der Waals surface area contributed by atoms with E-state index in [1.54, 1.807) is 24.3 Å². The molecule has 168 valence electrons. The zero-order valence-corrected chi connectivity index (χ0v) is 18.0. The average Bonchev–Trinajstić information content (AvgIpc) is 3.11. The quantitative estimate of drug-likeness (QED) is 0.419. The zero-order chi connectivity index (χ0) is 23.4. The highest BCUT2D eigenvalue weighted by molar-refractivity contribution is 5.81. The second kappa shape index (κ2) is 9.56. The van der Waals surface area contributed by atoms with E-state index in [0.717, 1.165) is 22.3 Å². The molecule has 3 aromatic carbocycles. The molecular weight excluding hydrogens is 422 g/mol. The first kappa shape index (κ1) is 22.1. The summed E-state index contributed by atoms with van der Waals surface area (Å²) >= 11 is 0. The van der Waals surface area contributed by atoms with Crippen LogP contribution in [0.1, 0.15) is 29.5 Å². The second-order valence-corrected chi connectivity index (χ2v) is 7.81. The maximum absolute atomic E-state index is 12.5. The number of carbonyl (C=O) groups excluding carboxylic acids is 2. The van der Waals surface area contributed by atoms with Gasteiger partial charge < -0.3 is 19.9 Å². The third-order valence-corrected chi connectivity index (χ3v) is 5.53. The minimum absolute atomic E-state index is 0.00856. The highest BCUT2D eigenvalue weighted by Gasteiger charge is 2.29. The molecule has 0 radical (unpaired) electrons. The van der Waals surface area contributed by atoms with Crippen molar-refractivity contribution in [3.63, 3.8) is 0 Å². The van der Waals surface area contributed by atoms with Crippen molar-refractivity contribution in [2.45, 2.75) is 25.3 Å². The van der Waals surface area contributed by atoms with Crippen molar-refractivity contribution in [3.8, 4) is 16.9 Å². The molecule has 1 aliphatic carbocycles. The summed E-state index contributed by atoms with van der Waals surface area (Å²) in [4.78, 5) is 35.4. The minimum atomic E-state index is -1.20. The van der Waals surface area contributed by atoms with E-state index in [-0.39, 0.29) is 18.9 Å². The molecule has 1 amide bonds. The number of hydrogen-bond acceptors (Lipinski definition) is 5. The van der Waals surface area contributed by atoms with E-state index in [0.29, 0.717) is 11.3 Å². The van der Waals surface area contributed by atoms with Crippen molar-refractivity contribution in [3.05, 3.63) is 89.5 Å². The summed E-state index contributed by atoms with van der Waals surface area (Å²) < 4.78 is 10.5. The summed E-state index contributed by atoms with van der Waals surface area (Å²) in [6.45, 7) is 1.37. The number of hydrogen-bond donors (Lipinski definition) is 2. The van der Waals surface area contributed by atoms with Crippen molar-refractivity contribution in [1.29, 1.82) is 0 Å². The van der Waals surface area contributed by atoms with Crippen LogP contribution in [-0.4, -0.2) is 35.8 Å². The maximum atomic E-state index is 12.5. The summed E-state index contributed by atoms with van der Waals surface area (Å²) in [5.74, 6) is -1.47. The number of carboxylic acid groups (broad SMARTS) is 1. The predicted octanol–water partition coefficient (Wildman–Crippen LogP) is 4.15. The molecule has 2 N–H and O–H groups in total. The van der Waals surface area contributed by atoms with Gasteiger partial charge in [-0.3, -0.25) is 4.79 Å². The van der Waals surface area contributed by atoms with Crippen LogP contribution in [0.25, 0.3) is 11.1 Å². The van der Waals surface area contributed by atoms with Gasteiger partial charge in [-0.25, -0.2) is 9.59 Å². The Morgan fingerprint density at radius 2 is 1.58 bits per heavy atom. The number of aliphatic carboxylic acids is 1. The number of carboxylic acids is 1. The van der Waals surface area contributed by atoms with Gasteiger partial charge >= 0.3 is 18.0 Å². The van der Waals surface area contributed by atoms with Crippen LogP contribution in [-0.2, 0) is 20.7 Å². The van der Waals surface area contributed by atoms with Crippen molar-refractivity contribution in [1.82, 2.24) is 5.32 Å². The first-order valence-corrected chi connectivity index (χ1v) is 10.5. The van der Waals surface area contributed by atoms with Gasteiger partial charge in [-0.05, 0) is 39.9 Å². The lowest BCUT2D eigenvalue weighted by Gasteiger charge is -2.17. The van der Waals surface area contributed by atoms with Gasteiger partial charge in [-0.15, -0.1) is 0 Å². The smallest absolute Gasteiger partial charge is 0.407 e. The number of alkyl carbamates (subject to hydrolysis) is 1. The number of ether oxygens (including phenoxy) is 2. The Bertz CT molecular complexity index is 1160. The van der Waals surface area contributed by atoms with Crippen LogP contribution >= 0.6 is 0 Å². The average molecular weight is 445 g/mol. The summed E-state index contributed by atoms with van der Waals surface area (Å²) in [5, 5.41) is 12.0. The topological polar surface area (TPSA) is 102 Å². The Kier molecular flexibility index (Phi) is 6.40. The third-order valence-electron chi connectivity index (χ3n) is 5.53. The van der Waals surface area contributed by atoms with E-state index < -0.39 is 24.1 Å². The lowest BCUT2D eigenvalue weighted by atomic mass is 9.98. The molecular formula is C26H23NO6. The summed E-state index contributed by atoms with van der Waals surface area (Å²) in [7, 11) is 0. The van der Waals surface area contributed by atoms with E-state index in [1.807, 2.05) is 48.5 Å². The molecule has 1 aliphatic rings. The molecule has 0 bridgehead atoms. The van der Waals surface area contributed by atoms with Gasteiger partial charge in [0.25, 0.3) is 0 Å². The molecule has 7 heteroatoms. The molecule has 7 nitrogen and oxygen atoms in total. The molecule has 1 unspecified atom stereocenters. The van der Waals surface area contributed by atoms with Gasteiger partial charge in [-0.1, -0.05) is 60.7 Å². The largest absolute Gasteiger partial charge is 0.480 e. The number of benzene rings is 3. The van der Waals surface area contributed by atoms with Gasteiger partial charge in [-0.2, -0.15) is 0 Å². The van der Waals surface area contributed by atoms with Crippen LogP contribution < -0.4 is 10.1 Å². The highest BCUT2D eigenvalue weighted by atomic mass is 16.5. The fourth-order valence-corrected chi connectivity index (χ4v) is 4.12. The van der Waals surface area contributed by atoms with Gasteiger partial charge in [0.15, 0.2) is 0 Å². The molecule has 0 saturated heterocycles. The molecule has 33 heavy (non-hydrogen) atoms. The van der Waals surface area contributed by atoms with E-state index >= 15 is 0 Å². The van der Waals surface area contributed by atoms with Crippen LogP contribution in [0.5, 0.6) is 5.75 Å². The number of fused-ring (bicyclic) bond motifs is 3. The number of rotatable bonds is 7. The standard InChI is InChI=1S/C26H23NO6/c1-16(28)33-18-8-6-7-17(13-18)14-24(25(29)30)27-26(31)32-15-23-21-11-4-2-9-19(21)20-10-3-5-12-22(20)23/h2-13,23-24H,14-15H2,1H3,(H,27,31)(H,29,30). The van der Waals surface area contributed by atoms with E-state index in [4.69, 9.17) is 9.47 Å². The van der Waals surface area contributed by atoms with E-state index in [2.05, 4.69) is 5.32 Å². The van der Waals surface area contributed by atoms with Gasteiger partial charge in [0.1, 0.15) is 18.4 Å². The van der Waals surface area contributed by atoms with Crippen molar-refractivity contribution in [2.24, 2.45) is 0 Å². The number of nitrogens with one attached hydrogen (secondary N) is 1. The fourth-order valence-electron chi connectivity index (χ4n) is 4.12. The monoisotopic (exact) mass is 445 g/mol. The molecule has 0 spiro atoms. The molecule has 3 aromatic rings. The van der Waals surface area contributed by atoms with Gasteiger partial charge in [0, 0.05) is 19.3 Å². The molecule has 1 atom stereocenters. The zero-order valence-electron chi connectivity index (χ0n) is 18.0. The van der Waals surface area contributed by atoms with Crippen LogP contribution in [0.2, 0.25) is 0 Å². The van der Waals surface area contributed by atoms with Crippen molar-refractivity contribution in [2.75, 3.05) is 6.61 Å². The summed E-state index contributed by atoms with van der Waals surface area (Å²) in [5.41, 5.74) is 4.96. The highest BCUT2D eigenvalue weighted by Crippen LogP contribution is 2.44. The Morgan fingerprint density at radius 1 is 0.939 bits per heavy atom. The molecule has 0 saturated carbocycles.